The van der Waals surface area contributed by atoms with Crippen molar-refractivity contribution in [3.05, 3.63) is 70.9 Å². The largest absolute Gasteiger partial charge is 0.281 e. The molecule has 0 amide bonds. The second-order valence-electron chi connectivity index (χ2n) is 5.01. The first-order valence-electron chi connectivity index (χ1n) is 7.09. The zero-order valence-corrected chi connectivity index (χ0v) is 13.8. The third-order valence-electron chi connectivity index (χ3n) is 3.40. The van der Waals surface area contributed by atoms with Gasteiger partial charge in [0.2, 0.25) is 0 Å². The SMILES string of the molecule is Fc1ccc(N=Nc2c(-c3cccs3)nc3ccc(Cl)cn23)cc1. The molecule has 4 rings (SSSR count). The maximum absolute atomic E-state index is 13.0. The molecular formula is C17H10ClFN4S. The summed E-state index contributed by atoms with van der Waals surface area (Å²) >= 11 is 7.67. The van der Waals surface area contributed by atoms with Gasteiger partial charge in [-0.1, -0.05) is 17.7 Å². The molecule has 0 spiro atoms. The number of hydrogen-bond donors (Lipinski definition) is 0. The fourth-order valence-corrected chi connectivity index (χ4v) is 3.16. The van der Waals surface area contributed by atoms with Crippen LogP contribution >= 0.6 is 22.9 Å². The van der Waals surface area contributed by atoms with E-state index in [0.29, 0.717) is 16.5 Å². The molecule has 0 fully saturated rings. The van der Waals surface area contributed by atoms with Crippen LogP contribution in [0.4, 0.5) is 15.9 Å². The first-order chi connectivity index (χ1) is 11.7. The average Bonchev–Trinajstić information content (AvgIpc) is 3.21. The Balaban J connectivity index is 1.87. The van der Waals surface area contributed by atoms with Crippen LogP contribution in [0.3, 0.4) is 0 Å². The highest BCUT2D eigenvalue weighted by molar-refractivity contribution is 7.13. The van der Waals surface area contributed by atoms with Gasteiger partial charge in [0, 0.05) is 6.20 Å². The molecule has 0 aliphatic heterocycles. The standard InChI is InChI=1S/C17H10ClFN4S/c18-11-3-8-15-20-16(14-2-1-9-24-14)17(23(15)10-11)22-21-13-6-4-12(19)5-7-13/h1-10H. The summed E-state index contributed by atoms with van der Waals surface area (Å²) in [6.07, 6.45) is 1.75. The number of nitrogens with zero attached hydrogens (tertiary/aromatic N) is 4. The fraction of sp³-hybridized carbons (Fsp3) is 0. The highest BCUT2D eigenvalue weighted by Crippen LogP contribution is 2.35. The summed E-state index contributed by atoms with van der Waals surface area (Å²) in [5.74, 6) is 0.272. The lowest BCUT2D eigenvalue weighted by Gasteiger charge is -1.98. The van der Waals surface area contributed by atoms with E-state index in [9.17, 15) is 4.39 Å². The number of fused-ring (bicyclic) bond motifs is 1. The average molecular weight is 357 g/mol. The van der Waals surface area contributed by atoms with Gasteiger partial charge in [-0.05, 0) is 47.8 Å². The normalized spacial score (nSPS) is 11.6. The second kappa shape index (κ2) is 6.14. The first kappa shape index (κ1) is 15.0. The molecule has 24 heavy (non-hydrogen) atoms. The summed E-state index contributed by atoms with van der Waals surface area (Å²) in [6, 6.07) is 13.4. The Kier molecular flexibility index (Phi) is 3.84. The molecule has 0 saturated heterocycles. The molecule has 3 heterocycles. The van der Waals surface area contributed by atoms with E-state index >= 15 is 0 Å². The molecule has 0 bridgehead atoms. The molecule has 118 valence electrons. The summed E-state index contributed by atoms with van der Waals surface area (Å²) in [6.45, 7) is 0. The summed E-state index contributed by atoms with van der Waals surface area (Å²) < 4.78 is 14.8. The minimum absolute atomic E-state index is 0.310. The van der Waals surface area contributed by atoms with E-state index in [1.165, 1.54) is 12.1 Å². The Hall–Kier alpha value is -2.57. The van der Waals surface area contributed by atoms with Gasteiger partial charge in [0.15, 0.2) is 5.82 Å². The van der Waals surface area contributed by atoms with Crippen LogP contribution < -0.4 is 0 Å². The lowest BCUT2D eigenvalue weighted by Crippen LogP contribution is -1.82. The van der Waals surface area contributed by atoms with Crippen LogP contribution in [-0.4, -0.2) is 9.38 Å². The van der Waals surface area contributed by atoms with Crippen molar-refractivity contribution < 1.29 is 4.39 Å². The Labute approximate surface area is 145 Å². The number of azo groups is 1. The molecule has 4 nitrogen and oxygen atoms in total. The summed E-state index contributed by atoms with van der Waals surface area (Å²) in [5.41, 5.74) is 2.03. The number of aromatic nitrogens is 2. The minimum atomic E-state index is -0.310. The Morgan fingerprint density at radius 3 is 2.62 bits per heavy atom. The monoisotopic (exact) mass is 356 g/mol. The maximum atomic E-state index is 13.0. The fourth-order valence-electron chi connectivity index (χ4n) is 2.29. The quantitative estimate of drug-likeness (QED) is 0.399. The summed E-state index contributed by atoms with van der Waals surface area (Å²) in [7, 11) is 0. The van der Waals surface area contributed by atoms with Crippen molar-refractivity contribution in [2.24, 2.45) is 10.2 Å². The van der Waals surface area contributed by atoms with Crippen LogP contribution in [0.25, 0.3) is 16.2 Å². The third kappa shape index (κ3) is 2.81. The molecule has 3 aromatic heterocycles. The van der Waals surface area contributed by atoms with Gasteiger partial charge in [-0.15, -0.1) is 21.6 Å². The van der Waals surface area contributed by atoms with Crippen LogP contribution in [0.5, 0.6) is 0 Å². The lowest BCUT2D eigenvalue weighted by atomic mass is 10.3. The molecule has 4 aromatic rings. The number of halogens is 2. The van der Waals surface area contributed by atoms with Gasteiger partial charge in [-0.3, -0.25) is 4.40 Å². The smallest absolute Gasteiger partial charge is 0.188 e. The molecule has 0 N–H and O–H groups in total. The Morgan fingerprint density at radius 1 is 1.04 bits per heavy atom. The highest BCUT2D eigenvalue weighted by Gasteiger charge is 2.15. The molecule has 1 aromatic carbocycles. The maximum Gasteiger partial charge on any atom is 0.188 e. The van der Waals surface area contributed by atoms with Gasteiger partial charge in [0.05, 0.1) is 15.6 Å². The van der Waals surface area contributed by atoms with E-state index in [0.717, 1.165) is 16.2 Å². The molecule has 0 atom stereocenters. The predicted molar refractivity (Wildman–Crippen MR) is 94.1 cm³/mol. The zero-order chi connectivity index (χ0) is 16.5. The second-order valence-corrected chi connectivity index (χ2v) is 6.40. The molecule has 0 aliphatic carbocycles. The van der Waals surface area contributed by atoms with Crippen LogP contribution in [0.1, 0.15) is 0 Å². The van der Waals surface area contributed by atoms with Crippen LogP contribution in [0.15, 0.2) is 70.3 Å². The van der Waals surface area contributed by atoms with Gasteiger partial charge in [0.1, 0.15) is 17.2 Å². The van der Waals surface area contributed by atoms with E-state index in [4.69, 9.17) is 11.6 Å². The van der Waals surface area contributed by atoms with E-state index < -0.39 is 0 Å². The summed E-state index contributed by atoms with van der Waals surface area (Å²) in [5, 5.41) is 11.1. The highest BCUT2D eigenvalue weighted by atomic mass is 35.5. The van der Waals surface area contributed by atoms with Gasteiger partial charge in [-0.2, -0.15) is 0 Å². The van der Waals surface area contributed by atoms with Crippen molar-refractivity contribution in [1.29, 1.82) is 0 Å². The van der Waals surface area contributed by atoms with Gasteiger partial charge < -0.3 is 0 Å². The minimum Gasteiger partial charge on any atom is -0.281 e. The molecule has 0 saturated carbocycles. The van der Waals surface area contributed by atoms with E-state index in [1.807, 2.05) is 23.6 Å². The van der Waals surface area contributed by atoms with Crippen molar-refractivity contribution in [1.82, 2.24) is 9.38 Å². The van der Waals surface area contributed by atoms with E-state index in [-0.39, 0.29) is 5.82 Å². The Bertz CT molecular complexity index is 1020. The number of rotatable bonds is 3. The molecule has 0 aliphatic rings. The van der Waals surface area contributed by atoms with Crippen LogP contribution in [0.2, 0.25) is 5.02 Å². The summed E-state index contributed by atoms with van der Waals surface area (Å²) in [4.78, 5) is 5.61. The van der Waals surface area contributed by atoms with Crippen molar-refractivity contribution in [3.63, 3.8) is 0 Å². The molecule has 0 unspecified atom stereocenters. The van der Waals surface area contributed by atoms with Crippen molar-refractivity contribution in [2.45, 2.75) is 0 Å². The predicted octanol–water partition coefficient (Wildman–Crippen LogP) is 6.27. The molecular weight excluding hydrogens is 347 g/mol. The van der Waals surface area contributed by atoms with Crippen LogP contribution in [-0.2, 0) is 0 Å². The lowest BCUT2D eigenvalue weighted by molar-refractivity contribution is 0.628. The number of thiophene rings is 1. The van der Waals surface area contributed by atoms with Crippen molar-refractivity contribution in [3.8, 4) is 10.6 Å². The zero-order valence-electron chi connectivity index (χ0n) is 12.2. The van der Waals surface area contributed by atoms with Crippen molar-refractivity contribution in [2.75, 3.05) is 0 Å². The first-order valence-corrected chi connectivity index (χ1v) is 8.35. The van der Waals surface area contributed by atoms with Crippen molar-refractivity contribution >= 4 is 40.1 Å². The van der Waals surface area contributed by atoms with Gasteiger partial charge >= 0.3 is 0 Å². The number of imidazole rings is 1. The van der Waals surface area contributed by atoms with Gasteiger partial charge in [0.25, 0.3) is 0 Å². The number of hydrogen-bond acceptors (Lipinski definition) is 4. The van der Waals surface area contributed by atoms with Crippen LogP contribution in [0, 0.1) is 5.82 Å². The molecule has 7 heteroatoms. The Morgan fingerprint density at radius 2 is 1.88 bits per heavy atom. The topological polar surface area (TPSA) is 42.0 Å². The third-order valence-corrected chi connectivity index (χ3v) is 4.50. The van der Waals surface area contributed by atoms with E-state index in [2.05, 4.69) is 15.2 Å². The van der Waals surface area contributed by atoms with E-state index in [1.54, 1.807) is 40.1 Å². The number of benzene rings is 1. The number of pyridine rings is 1. The molecule has 0 radical (unpaired) electrons. The van der Waals surface area contributed by atoms with Gasteiger partial charge in [-0.25, -0.2) is 9.37 Å².